The first kappa shape index (κ1) is 22.3. The van der Waals surface area contributed by atoms with Crippen molar-refractivity contribution in [1.29, 1.82) is 0 Å². The summed E-state index contributed by atoms with van der Waals surface area (Å²) in [5.41, 5.74) is 0.883. The number of carbonyl (C=O) groups is 1. The molecule has 0 atom stereocenters. The Morgan fingerprint density at radius 3 is 2.33 bits per heavy atom. The van der Waals surface area contributed by atoms with Crippen LogP contribution in [0.3, 0.4) is 0 Å². The van der Waals surface area contributed by atoms with E-state index in [1.54, 1.807) is 30.5 Å². The third kappa shape index (κ3) is 4.96. The van der Waals surface area contributed by atoms with Crippen molar-refractivity contribution in [3.8, 4) is 11.3 Å². The third-order valence-electron chi connectivity index (χ3n) is 4.59. The molecule has 4 aromatic rings. The van der Waals surface area contributed by atoms with E-state index in [4.69, 9.17) is 0 Å². The van der Waals surface area contributed by atoms with E-state index in [0.717, 1.165) is 12.1 Å². The van der Waals surface area contributed by atoms with Crippen molar-refractivity contribution in [2.45, 2.75) is 4.90 Å². The number of pyridine rings is 1. The Bertz CT molecular complexity index is 1300. The Balaban J connectivity index is 1.53. The number of nitrogens with zero attached hydrogens (tertiary/aromatic N) is 3. The molecule has 0 saturated carbocycles. The second-order valence-corrected chi connectivity index (χ2v) is 7.55. The number of para-hydroxylation sites is 1. The van der Waals surface area contributed by atoms with E-state index in [2.05, 4.69) is 25.6 Å². The fourth-order valence-corrected chi connectivity index (χ4v) is 3.48. The van der Waals surface area contributed by atoms with Crippen molar-refractivity contribution in [3.63, 3.8) is 0 Å². The standard InChI is InChI=1S/C23H16F3N5OS/c1-33-18-12-28-23(31-19(18)15-4-3-11-27-21(15)26)29-14-9-7-13(8-10-14)22(32)30-20-16(24)5-2-6-17(20)25/h2-12H,1H3,(H,30,32)(H,28,29,31). The van der Waals surface area contributed by atoms with E-state index in [1.807, 2.05) is 6.26 Å². The molecule has 0 unspecified atom stereocenters. The number of rotatable bonds is 6. The fraction of sp³-hybridized carbons (Fsp3) is 0.0435. The zero-order valence-electron chi connectivity index (χ0n) is 17.1. The number of anilines is 3. The molecule has 0 fully saturated rings. The lowest BCUT2D eigenvalue weighted by Crippen LogP contribution is -2.14. The maximum atomic E-state index is 14.2. The summed E-state index contributed by atoms with van der Waals surface area (Å²) in [6, 6.07) is 12.7. The maximum Gasteiger partial charge on any atom is 0.255 e. The molecule has 10 heteroatoms. The number of hydrogen-bond donors (Lipinski definition) is 2. The predicted molar refractivity (Wildman–Crippen MR) is 121 cm³/mol. The van der Waals surface area contributed by atoms with Gasteiger partial charge in [-0.3, -0.25) is 4.79 Å². The van der Waals surface area contributed by atoms with Gasteiger partial charge in [-0.1, -0.05) is 6.07 Å². The Labute approximate surface area is 191 Å². The number of halogens is 3. The summed E-state index contributed by atoms with van der Waals surface area (Å²) in [4.78, 5) is 25.4. The van der Waals surface area contributed by atoms with E-state index in [1.165, 1.54) is 36.2 Å². The number of amides is 1. The number of hydrogen-bond acceptors (Lipinski definition) is 6. The van der Waals surface area contributed by atoms with Crippen LogP contribution in [0.1, 0.15) is 10.4 Å². The lowest BCUT2D eigenvalue weighted by atomic mass is 10.2. The van der Waals surface area contributed by atoms with Gasteiger partial charge in [0.15, 0.2) is 0 Å². The van der Waals surface area contributed by atoms with Crippen LogP contribution in [0, 0.1) is 17.6 Å². The first-order valence-corrected chi connectivity index (χ1v) is 10.8. The van der Waals surface area contributed by atoms with Gasteiger partial charge < -0.3 is 10.6 Å². The van der Waals surface area contributed by atoms with Gasteiger partial charge in [-0.2, -0.15) is 4.39 Å². The summed E-state index contributed by atoms with van der Waals surface area (Å²) in [6.45, 7) is 0. The molecule has 166 valence electrons. The van der Waals surface area contributed by atoms with Gasteiger partial charge in [0.2, 0.25) is 11.9 Å². The summed E-state index contributed by atoms with van der Waals surface area (Å²) >= 11 is 1.38. The van der Waals surface area contributed by atoms with Crippen LogP contribution in [-0.2, 0) is 0 Å². The number of nitrogens with one attached hydrogen (secondary N) is 2. The topological polar surface area (TPSA) is 79.8 Å². The summed E-state index contributed by atoms with van der Waals surface area (Å²) in [5, 5.41) is 5.22. The van der Waals surface area contributed by atoms with Crippen molar-refractivity contribution in [3.05, 3.63) is 90.1 Å². The second-order valence-electron chi connectivity index (χ2n) is 6.71. The first-order chi connectivity index (χ1) is 16.0. The molecule has 2 aromatic heterocycles. The molecule has 0 radical (unpaired) electrons. The zero-order valence-corrected chi connectivity index (χ0v) is 18.0. The van der Waals surface area contributed by atoms with Gasteiger partial charge in [0.25, 0.3) is 5.91 Å². The van der Waals surface area contributed by atoms with Gasteiger partial charge in [0.05, 0.1) is 16.2 Å². The van der Waals surface area contributed by atoms with Gasteiger partial charge >= 0.3 is 0 Å². The monoisotopic (exact) mass is 467 g/mol. The van der Waals surface area contributed by atoms with Crippen molar-refractivity contribution in [2.75, 3.05) is 16.9 Å². The number of carbonyl (C=O) groups excluding carboxylic acids is 1. The zero-order chi connectivity index (χ0) is 23.4. The van der Waals surface area contributed by atoms with E-state index < -0.39 is 29.2 Å². The Morgan fingerprint density at radius 2 is 1.67 bits per heavy atom. The highest BCUT2D eigenvalue weighted by atomic mass is 32.2. The average molecular weight is 467 g/mol. The second kappa shape index (κ2) is 9.70. The van der Waals surface area contributed by atoms with E-state index in [-0.39, 0.29) is 17.1 Å². The van der Waals surface area contributed by atoms with Crippen LogP contribution < -0.4 is 10.6 Å². The largest absolute Gasteiger partial charge is 0.324 e. The van der Waals surface area contributed by atoms with Crippen LogP contribution in [0.2, 0.25) is 0 Å². The number of thioether (sulfide) groups is 1. The van der Waals surface area contributed by atoms with Gasteiger partial charge in [0.1, 0.15) is 17.3 Å². The van der Waals surface area contributed by atoms with Crippen molar-refractivity contribution < 1.29 is 18.0 Å². The normalized spacial score (nSPS) is 10.7. The van der Waals surface area contributed by atoms with Gasteiger partial charge in [-0.15, -0.1) is 11.8 Å². The van der Waals surface area contributed by atoms with Crippen LogP contribution in [0.15, 0.2) is 71.9 Å². The molecule has 1 amide bonds. The lowest BCUT2D eigenvalue weighted by Gasteiger charge is -2.11. The minimum absolute atomic E-state index is 0.194. The molecule has 6 nitrogen and oxygen atoms in total. The summed E-state index contributed by atoms with van der Waals surface area (Å²) in [5.74, 6) is -2.82. The predicted octanol–water partition coefficient (Wildman–Crippen LogP) is 5.67. The smallest absolute Gasteiger partial charge is 0.255 e. The molecule has 0 saturated heterocycles. The average Bonchev–Trinajstić information content (AvgIpc) is 2.82. The minimum Gasteiger partial charge on any atom is -0.324 e. The van der Waals surface area contributed by atoms with Gasteiger partial charge in [0, 0.05) is 23.6 Å². The van der Waals surface area contributed by atoms with E-state index in [0.29, 0.717) is 16.3 Å². The third-order valence-corrected chi connectivity index (χ3v) is 5.33. The lowest BCUT2D eigenvalue weighted by molar-refractivity contribution is 0.102. The SMILES string of the molecule is CSc1cnc(Nc2ccc(C(=O)Nc3c(F)cccc3F)cc2)nc1-c1cccnc1F. The van der Waals surface area contributed by atoms with Gasteiger partial charge in [-0.05, 0) is 54.8 Å². The highest BCUT2D eigenvalue weighted by molar-refractivity contribution is 7.98. The molecule has 2 heterocycles. The van der Waals surface area contributed by atoms with Crippen molar-refractivity contribution >= 4 is 35.0 Å². The summed E-state index contributed by atoms with van der Waals surface area (Å²) < 4.78 is 41.7. The van der Waals surface area contributed by atoms with Gasteiger partial charge in [-0.25, -0.2) is 23.7 Å². The molecule has 33 heavy (non-hydrogen) atoms. The molecule has 0 bridgehead atoms. The molecule has 0 spiro atoms. The van der Waals surface area contributed by atoms with Crippen molar-refractivity contribution in [1.82, 2.24) is 15.0 Å². The molecule has 2 aromatic carbocycles. The maximum absolute atomic E-state index is 14.2. The van der Waals surface area contributed by atoms with Crippen LogP contribution in [0.5, 0.6) is 0 Å². The van der Waals surface area contributed by atoms with Crippen LogP contribution >= 0.6 is 11.8 Å². The van der Waals surface area contributed by atoms with E-state index >= 15 is 0 Å². The van der Waals surface area contributed by atoms with Crippen molar-refractivity contribution in [2.24, 2.45) is 0 Å². The number of benzene rings is 2. The van der Waals surface area contributed by atoms with Crippen LogP contribution in [0.25, 0.3) is 11.3 Å². The fourth-order valence-electron chi connectivity index (χ4n) is 2.97. The minimum atomic E-state index is -0.867. The Morgan fingerprint density at radius 1 is 0.939 bits per heavy atom. The van der Waals surface area contributed by atoms with Crippen LogP contribution in [0.4, 0.5) is 30.5 Å². The molecule has 0 aliphatic heterocycles. The Kier molecular flexibility index (Phi) is 6.55. The molecule has 4 rings (SSSR count). The molecule has 0 aliphatic carbocycles. The molecule has 0 aliphatic rings. The van der Waals surface area contributed by atoms with Crippen LogP contribution in [-0.4, -0.2) is 27.1 Å². The summed E-state index contributed by atoms with van der Waals surface area (Å²) in [6.07, 6.45) is 4.77. The van der Waals surface area contributed by atoms with E-state index in [9.17, 15) is 18.0 Å². The highest BCUT2D eigenvalue weighted by Gasteiger charge is 2.15. The molecular formula is C23H16F3N5OS. The molecule has 2 N–H and O–H groups in total. The Hall–Kier alpha value is -3.92. The highest BCUT2D eigenvalue weighted by Crippen LogP contribution is 2.30. The summed E-state index contributed by atoms with van der Waals surface area (Å²) in [7, 11) is 0. The number of aromatic nitrogens is 3. The quantitative estimate of drug-likeness (QED) is 0.281. The first-order valence-electron chi connectivity index (χ1n) is 9.60. The molecular weight excluding hydrogens is 451 g/mol.